The van der Waals surface area contributed by atoms with Crippen LogP contribution in [0.1, 0.15) is 33.6 Å². The van der Waals surface area contributed by atoms with Crippen molar-refractivity contribution >= 4 is 24.2 Å². The monoisotopic (exact) mass is 277 g/mol. The van der Waals surface area contributed by atoms with E-state index in [2.05, 4.69) is 16.0 Å². The lowest BCUT2D eigenvalue weighted by atomic mass is 10.1. The number of nitrogens with one attached hydrogen (secondary N) is 3. The Hall–Kier alpha value is -0.810. The second kappa shape index (κ2) is 8.32. The number of carbonyl (C=O) groups is 2. The molecule has 0 aromatic carbocycles. The van der Waals surface area contributed by atoms with Crippen molar-refractivity contribution in [2.75, 3.05) is 13.1 Å². The van der Waals surface area contributed by atoms with Crippen LogP contribution >= 0.6 is 12.4 Å². The zero-order chi connectivity index (χ0) is 12.8. The van der Waals surface area contributed by atoms with Crippen molar-refractivity contribution in [3.05, 3.63) is 0 Å². The lowest BCUT2D eigenvalue weighted by Crippen LogP contribution is -2.49. The van der Waals surface area contributed by atoms with E-state index in [0.29, 0.717) is 6.54 Å². The summed E-state index contributed by atoms with van der Waals surface area (Å²) < 4.78 is 0. The first-order chi connectivity index (χ1) is 8.04. The van der Waals surface area contributed by atoms with E-state index in [1.165, 1.54) is 0 Å². The molecule has 1 heterocycles. The maximum atomic E-state index is 11.8. The number of hydrogen-bond donors (Lipinski definition) is 3. The molecule has 0 aliphatic carbocycles. The maximum Gasteiger partial charge on any atom is 0.242 e. The average Bonchev–Trinajstić information content (AvgIpc) is 2.82. The van der Waals surface area contributed by atoms with E-state index in [1.54, 1.807) is 6.92 Å². The molecule has 0 spiro atoms. The van der Waals surface area contributed by atoms with Crippen molar-refractivity contribution in [2.24, 2.45) is 5.92 Å². The molecule has 0 saturated carbocycles. The Morgan fingerprint density at radius 3 is 2.50 bits per heavy atom. The predicted octanol–water partition coefficient (Wildman–Crippen LogP) is 0.437. The fourth-order valence-corrected chi connectivity index (χ4v) is 1.75. The first-order valence-electron chi connectivity index (χ1n) is 6.36. The van der Waals surface area contributed by atoms with Gasteiger partial charge in [0.05, 0.1) is 5.92 Å². The zero-order valence-electron chi connectivity index (χ0n) is 11.3. The highest BCUT2D eigenvalue weighted by Crippen LogP contribution is 2.07. The van der Waals surface area contributed by atoms with Crippen molar-refractivity contribution in [3.8, 4) is 0 Å². The third-order valence-electron chi connectivity index (χ3n) is 3.18. The van der Waals surface area contributed by atoms with E-state index >= 15 is 0 Å². The van der Waals surface area contributed by atoms with Gasteiger partial charge in [-0.1, -0.05) is 6.92 Å². The number of amides is 2. The number of carbonyl (C=O) groups excluding carboxylic acids is 2. The minimum Gasteiger partial charge on any atom is -0.352 e. The zero-order valence-corrected chi connectivity index (χ0v) is 12.1. The van der Waals surface area contributed by atoms with Crippen LogP contribution in [0, 0.1) is 5.92 Å². The van der Waals surface area contributed by atoms with Gasteiger partial charge in [0.15, 0.2) is 0 Å². The molecule has 1 aliphatic heterocycles. The predicted molar refractivity (Wildman–Crippen MR) is 73.7 cm³/mol. The highest BCUT2D eigenvalue weighted by atomic mass is 35.5. The highest BCUT2D eigenvalue weighted by Gasteiger charge is 2.25. The molecule has 0 aromatic heterocycles. The first kappa shape index (κ1) is 17.2. The summed E-state index contributed by atoms with van der Waals surface area (Å²) in [6.07, 6.45) is 1.74. The molecule has 3 N–H and O–H groups in total. The molecule has 3 unspecified atom stereocenters. The molecule has 1 fully saturated rings. The first-order valence-corrected chi connectivity index (χ1v) is 6.36. The fraction of sp³-hybridized carbons (Fsp3) is 0.833. The van der Waals surface area contributed by atoms with E-state index in [9.17, 15) is 9.59 Å². The SMILES string of the molecule is CCC(C)NC(=O)C(C)NC(=O)C1CCNC1.Cl. The summed E-state index contributed by atoms with van der Waals surface area (Å²) in [5.74, 6) is -0.130. The molecule has 1 aliphatic rings. The Balaban J connectivity index is 0.00000289. The fourth-order valence-electron chi connectivity index (χ4n) is 1.75. The van der Waals surface area contributed by atoms with Crippen LogP contribution in [0.3, 0.4) is 0 Å². The van der Waals surface area contributed by atoms with E-state index in [0.717, 1.165) is 19.4 Å². The molecular weight excluding hydrogens is 254 g/mol. The van der Waals surface area contributed by atoms with Gasteiger partial charge >= 0.3 is 0 Å². The summed E-state index contributed by atoms with van der Waals surface area (Å²) in [4.78, 5) is 23.5. The van der Waals surface area contributed by atoms with Gasteiger partial charge < -0.3 is 16.0 Å². The van der Waals surface area contributed by atoms with Crippen LogP contribution in [-0.4, -0.2) is 37.0 Å². The Kier molecular flexibility index (Phi) is 7.95. The smallest absolute Gasteiger partial charge is 0.242 e. The highest BCUT2D eigenvalue weighted by molar-refractivity contribution is 5.88. The van der Waals surface area contributed by atoms with Gasteiger partial charge in [0.25, 0.3) is 0 Å². The summed E-state index contributed by atoms with van der Waals surface area (Å²) in [5, 5.41) is 8.75. The van der Waals surface area contributed by atoms with Gasteiger partial charge in [0.2, 0.25) is 11.8 Å². The van der Waals surface area contributed by atoms with Crippen LogP contribution in [0.25, 0.3) is 0 Å². The summed E-state index contributed by atoms with van der Waals surface area (Å²) in [6, 6.07) is -0.313. The molecular formula is C12H24ClN3O2. The lowest BCUT2D eigenvalue weighted by molar-refractivity contribution is -0.130. The van der Waals surface area contributed by atoms with Gasteiger partial charge in [-0.05, 0) is 33.2 Å². The third-order valence-corrected chi connectivity index (χ3v) is 3.18. The van der Waals surface area contributed by atoms with Gasteiger partial charge in [-0.15, -0.1) is 12.4 Å². The molecule has 5 nitrogen and oxygen atoms in total. The van der Waals surface area contributed by atoms with Crippen LogP contribution < -0.4 is 16.0 Å². The largest absolute Gasteiger partial charge is 0.352 e. The minimum absolute atomic E-state index is 0. The van der Waals surface area contributed by atoms with Crippen LogP contribution in [0.5, 0.6) is 0 Å². The minimum atomic E-state index is -0.461. The van der Waals surface area contributed by atoms with Crippen molar-refractivity contribution in [3.63, 3.8) is 0 Å². The molecule has 0 bridgehead atoms. The molecule has 0 radical (unpaired) electrons. The summed E-state index contributed by atoms with van der Waals surface area (Å²) in [5.41, 5.74) is 0. The molecule has 1 saturated heterocycles. The molecule has 6 heteroatoms. The molecule has 18 heavy (non-hydrogen) atoms. The molecule has 1 rings (SSSR count). The lowest BCUT2D eigenvalue weighted by Gasteiger charge is -2.19. The standard InChI is InChI=1S/C12H23N3O2.ClH/c1-4-8(2)14-11(16)9(3)15-12(17)10-5-6-13-7-10;/h8-10,13H,4-7H2,1-3H3,(H,14,16)(H,15,17);1H. The van der Waals surface area contributed by atoms with Crippen LogP contribution in [-0.2, 0) is 9.59 Å². The Bertz CT molecular complexity index is 280. The van der Waals surface area contributed by atoms with E-state index in [4.69, 9.17) is 0 Å². The molecule has 3 atom stereocenters. The van der Waals surface area contributed by atoms with Gasteiger partial charge in [-0.3, -0.25) is 9.59 Å². The van der Waals surface area contributed by atoms with Crippen molar-refractivity contribution in [1.82, 2.24) is 16.0 Å². The second-order valence-corrected chi connectivity index (χ2v) is 4.74. The third kappa shape index (κ3) is 5.23. The number of hydrogen-bond acceptors (Lipinski definition) is 3. The van der Waals surface area contributed by atoms with Gasteiger partial charge in [-0.25, -0.2) is 0 Å². The van der Waals surface area contributed by atoms with Gasteiger partial charge in [0.1, 0.15) is 6.04 Å². The van der Waals surface area contributed by atoms with Crippen LogP contribution in [0.2, 0.25) is 0 Å². The Morgan fingerprint density at radius 1 is 1.33 bits per heavy atom. The quantitative estimate of drug-likeness (QED) is 0.683. The topological polar surface area (TPSA) is 70.2 Å². The van der Waals surface area contributed by atoms with Crippen molar-refractivity contribution < 1.29 is 9.59 Å². The normalized spacial score (nSPS) is 21.6. The summed E-state index contributed by atoms with van der Waals surface area (Å²) in [7, 11) is 0. The van der Waals surface area contributed by atoms with Gasteiger partial charge in [-0.2, -0.15) is 0 Å². The number of rotatable bonds is 5. The second-order valence-electron chi connectivity index (χ2n) is 4.74. The maximum absolute atomic E-state index is 11.8. The molecule has 106 valence electrons. The van der Waals surface area contributed by atoms with E-state index in [1.807, 2.05) is 13.8 Å². The number of halogens is 1. The van der Waals surface area contributed by atoms with E-state index in [-0.39, 0.29) is 36.2 Å². The Morgan fingerprint density at radius 2 is 2.00 bits per heavy atom. The van der Waals surface area contributed by atoms with Gasteiger partial charge in [0, 0.05) is 12.6 Å². The van der Waals surface area contributed by atoms with Crippen molar-refractivity contribution in [2.45, 2.75) is 45.7 Å². The Labute approximate surface area is 115 Å². The van der Waals surface area contributed by atoms with Crippen molar-refractivity contribution in [1.29, 1.82) is 0 Å². The molecule has 2 amide bonds. The summed E-state index contributed by atoms with van der Waals surface area (Å²) in [6.45, 7) is 7.28. The van der Waals surface area contributed by atoms with Crippen LogP contribution in [0.15, 0.2) is 0 Å². The van der Waals surface area contributed by atoms with E-state index < -0.39 is 6.04 Å². The average molecular weight is 278 g/mol. The molecule has 0 aromatic rings. The summed E-state index contributed by atoms with van der Waals surface area (Å²) >= 11 is 0. The van der Waals surface area contributed by atoms with Crippen LogP contribution in [0.4, 0.5) is 0 Å².